The first-order valence-corrected chi connectivity index (χ1v) is 5.63. The van der Waals surface area contributed by atoms with Gasteiger partial charge < -0.3 is 5.11 Å². The second-order valence-electron chi connectivity index (χ2n) is 5.53. The highest BCUT2D eigenvalue weighted by molar-refractivity contribution is 5.80. The van der Waals surface area contributed by atoms with Crippen LogP contribution < -0.4 is 0 Å². The number of hydrogen-bond donors (Lipinski definition) is 1. The van der Waals surface area contributed by atoms with Crippen molar-refractivity contribution in [2.24, 2.45) is 5.41 Å². The number of aromatic hydroxyl groups is 1. The SMILES string of the molecule is CC(C)(C)Cc1nc2ccc(F)cc2cc1O. The van der Waals surface area contributed by atoms with Crippen LogP contribution in [0.1, 0.15) is 26.5 Å². The lowest BCUT2D eigenvalue weighted by Gasteiger charge is -2.18. The fraction of sp³-hybridized carbons (Fsp3) is 0.357. The van der Waals surface area contributed by atoms with E-state index in [1.807, 2.05) is 0 Å². The van der Waals surface area contributed by atoms with E-state index < -0.39 is 0 Å². The summed E-state index contributed by atoms with van der Waals surface area (Å²) < 4.78 is 13.0. The van der Waals surface area contributed by atoms with E-state index in [4.69, 9.17) is 0 Å². The average molecular weight is 233 g/mol. The molecule has 2 rings (SSSR count). The van der Waals surface area contributed by atoms with E-state index in [9.17, 15) is 9.50 Å². The van der Waals surface area contributed by atoms with Gasteiger partial charge in [0.1, 0.15) is 11.6 Å². The third kappa shape index (κ3) is 2.73. The number of benzene rings is 1. The molecule has 0 radical (unpaired) electrons. The standard InChI is InChI=1S/C14H16FNO/c1-14(2,3)8-12-13(17)7-9-6-10(15)4-5-11(9)16-12/h4-7,17H,8H2,1-3H3. The van der Waals surface area contributed by atoms with Gasteiger partial charge in [0.05, 0.1) is 11.2 Å². The first kappa shape index (κ1) is 11.8. The van der Waals surface area contributed by atoms with Crippen LogP contribution in [-0.4, -0.2) is 10.1 Å². The van der Waals surface area contributed by atoms with Crippen molar-refractivity contribution < 1.29 is 9.50 Å². The lowest BCUT2D eigenvalue weighted by molar-refractivity contribution is 0.389. The van der Waals surface area contributed by atoms with Gasteiger partial charge in [0.2, 0.25) is 0 Å². The van der Waals surface area contributed by atoms with Gasteiger partial charge in [0, 0.05) is 5.39 Å². The lowest BCUT2D eigenvalue weighted by atomic mass is 9.90. The molecule has 17 heavy (non-hydrogen) atoms. The Morgan fingerprint density at radius 3 is 2.59 bits per heavy atom. The molecular weight excluding hydrogens is 217 g/mol. The van der Waals surface area contributed by atoms with E-state index in [0.717, 1.165) is 0 Å². The predicted molar refractivity (Wildman–Crippen MR) is 66.5 cm³/mol. The maximum Gasteiger partial charge on any atom is 0.137 e. The highest BCUT2D eigenvalue weighted by atomic mass is 19.1. The van der Waals surface area contributed by atoms with Crippen LogP contribution in [0.5, 0.6) is 5.75 Å². The van der Waals surface area contributed by atoms with Crippen LogP contribution in [-0.2, 0) is 6.42 Å². The summed E-state index contributed by atoms with van der Waals surface area (Å²) in [4.78, 5) is 4.38. The Kier molecular flexibility index (Phi) is 2.77. The monoisotopic (exact) mass is 233 g/mol. The van der Waals surface area contributed by atoms with Crippen LogP contribution in [0, 0.1) is 11.2 Å². The summed E-state index contributed by atoms with van der Waals surface area (Å²) in [5.74, 6) is -0.180. The van der Waals surface area contributed by atoms with Crippen molar-refractivity contribution in [3.05, 3.63) is 35.8 Å². The topological polar surface area (TPSA) is 33.1 Å². The maximum absolute atomic E-state index is 13.0. The third-order valence-electron chi connectivity index (χ3n) is 2.53. The highest BCUT2D eigenvalue weighted by Crippen LogP contribution is 2.28. The molecule has 2 aromatic rings. The summed E-state index contributed by atoms with van der Waals surface area (Å²) in [7, 11) is 0. The molecule has 1 N–H and O–H groups in total. The van der Waals surface area contributed by atoms with E-state index in [1.54, 1.807) is 12.1 Å². The van der Waals surface area contributed by atoms with Crippen LogP contribution in [0.4, 0.5) is 4.39 Å². The van der Waals surface area contributed by atoms with Gasteiger partial charge in [-0.15, -0.1) is 0 Å². The number of pyridine rings is 1. The fourth-order valence-corrected chi connectivity index (χ4v) is 1.81. The minimum Gasteiger partial charge on any atom is -0.506 e. The predicted octanol–water partition coefficient (Wildman–Crippen LogP) is 3.67. The largest absolute Gasteiger partial charge is 0.506 e. The van der Waals surface area contributed by atoms with Gasteiger partial charge in [-0.3, -0.25) is 0 Å². The Morgan fingerprint density at radius 1 is 1.24 bits per heavy atom. The second kappa shape index (κ2) is 3.99. The second-order valence-corrected chi connectivity index (χ2v) is 5.53. The number of nitrogens with zero attached hydrogens (tertiary/aromatic N) is 1. The third-order valence-corrected chi connectivity index (χ3v) is 2.53. The zero-order valence-corrected chi connectivity index (χ0v) is 10.3. The molecule has 0 unspecified atom stereocenters. The first-order valence-electron chi connectivity index (χ1n) is 5.63. The van der Waals surface area contributed by atoms with E-state index >= 15 is 0 Å². The van der Waals surface area contributed by atoms with Gasteiger partial charge in [0.25, 0.3) is 0 Å². The molecule has 0 amide bonds. The van der Waals surface area contributed by atoms with E-state index in [2.05, 4.69) is 25.8 Å². The maximum atomic E-state index is 13.0. The van der Waals surface area contributed by atoms with Crippen LogP contribution in [0.15, 0.2) is 24.3 Å². The number of hydrogen-bond acceptors (Lipinski definition) is 2. The highest BCUT2D eigenvalue weighted by Gasteiger charge is 2.16. The number of fused-ring (bicyclic) bond motifs is 1. The fourth-order valence-electron chi connectivity index (χ4n) is 1.81. The van der Waals surface area contributed by atoms with Crippen molar-refractivity contribution >= 4 is 10.9 Å². The molecule has 0 aliphatic rings. The van der Waals surface area contributed by atoms with Crippen molar-refractivity contribution in [2.75, 3.05) is 0 Å². The molecule has 0 saturated heterocycles. The average Bonchev–Trinajstić information content (AvgIpc) is 2.17. The molecule has 90 valence electrons. The molecule has 0 aliphatic heterocycles. The van der Waals surface area contributed by atoms with Crippen molar-refractivity contribution in [3.63, 3.8) is 0 Å². The summed E-state index contributed by atoms with van der Waals surface area (Å²) in [6.45, 7) is 6.26. The molecule has 1 heterocycles. The van der Waals surface area contributed by atoms with Crippen molar-refractivity contribution in [3.8, 4) is 5.75 Å². The smallest absolute Gasteiger partial charge is 0.137 e. The van der Waals surface area contributed by atoms with Gasteiger partial charge in [0.15, 0.2) is 0 Å². The number of halogens is 1. The quantitative estimate of drug-likeness (QED) is 0.815. The Bertz CT molecular complexity index is 558. The van der Waals surface area contributed by atoms with Gasteiger partial charge in [-0.25, -0.2) is 9.37 Å². The zero-order valence-electron chi connectivity index (χ0n) is 10.3. The van der Waals surface area contributed by atoms with E-state index in [-0.39, 0.29) is 17.0 Å². The van der Waals surface area contributed by atoms with E-state index in [1.165, 1.54) is 12.1 Å². The van der Waals surface area contributed by atoms with Crippen molar-refractivity contribution in [1.82, 2.24) is 4.98 Å². The molecular formula is C14H16FNO. The van der Waals surface area contributed by atoms with Gasteiger partial charge >= 0.3 is 0 Å². The van der Waals surface area contributed by atoms with Crippen molar-refractivity contribution in [1.29, 1.82) is 0 Å². The van der Waals surface area contributed by atoms with Crippen LogP contribution in [0.2, 0.25) is 0 Å². The number of rotatable bonds is 1. The molecule has 0 bridgehead atoms. The van der Waals surface area contributed by atoms with Gasteiger partial charge in [-0.05, 0) is 36.1 Å². The molecule has 3 heteroatoms. The Labute approximate surface area is 100 Å². The molecule has 0 fully saturated rings. The zero-order chi connectivity index (χ0) is 12.6. The van der Waals surface area contributed by atoms with Gasteiger partial charge in [-0.1, -0.05) is 20.8 Å². The summed E-state index contributed by atoms with van der Waals surface area (Å²) >= 11 is 0. The lowest BCUT2D eigenvalue weighted by Crippen LogP contribution is -2.10. The van der Waals surface area contributed by atoms with Crippen molar-refractivity contribution in [2.45, 2.75) is 27.2 Å². The van der Waals surface area contributed by atoms with E-state index in [0.29, 0.717) is 23.0 Å². The Hall–Kier alpha value is -1.64. The minimum absolute atomic E-state index is 0.0538. The van der Waals surface area contributed by atoms with Gasteiger partial charge in [-0.2, -0.15) is 0 Å². The first-order chi connectivity index (χ1) is 7.85. The minimum atomic E-state index is -0.317. The van der Waals surface area contributed by atoms with Crippen LogP contribution in [0.3, 0.4) is 0 Å². The summed E-state index contributed by atoms with van der Waals surface area (Å²) in [6, 6.07) is 5.97. The molecule has 1 aromatic carbocycles. The number of aromatic nitrogens is 1. The van der Waals surface area contributed by atoms with Crippen LogP contribution >= 0.6 is 0 Å². The normalized spacial score (nSPS) is 12.0. The van der Waals surface area contributed by atoms with Crippen LogP contribution in [0.25, 0.3) is 10.9 Å². The molecule has 0 spiro atoms. The molecule has 0 atom stereocenters. The molecule has 2 nitrogen and oxygen atoms in total. The molecule has 0 saturated carbocycles. The molecule has 1 aromatic heterocycles. The summed E-state index contributed by atoms with van der Waals surface area (Å²) in [5, 5.41) is 10.5. The summed E-state index contributed by atoms with van der Waals surface area (Å²) in [5.41, 5.74) is 1.43. The Balaban J connectivity index is 2.52. The Morgan fingerprint density at radius 2 is 1.94 bits per heavy atom. The summed E-state index contributed by atoms with van der Waals surface area (Å²) in [6.07, 6.45) is 0.687. The molecule has 0 aliphatic carbocycles.